The maximum absolute atomic E-state index is 14.1. The van der Waals surface area contributed by atoms with E-state index in [2.05, 4.69) is 39.8 Å². The smallest absolute Gasteiger partial charge is 0.192 e. The van der Waals surface area contributed by atoms with Crippen molar-refractivity contribution in [1.29, 1.82) is 0 Å². The second kappa shape index (κ2) is 13.6. The SMILES string of the molecule is CCNC(=NCc1ccc(N2CCC(CO)CC2)cc1)NC(C)c1ccc(OC)c(F)c1.I. The number of guanidine groups is 1. The lowest BCUT2D eigenvalue weighted by atomic mass is 9.97. The number of benzene rings is 2. The van der Waals surface area contributed by atoms with E-state index in [1.165, 1.54) is 18.9 Å². The minimum absolute atomic E-state index is 0. The Bertz CT molecular complexity index is 886. The first-order valence-electron chi connectivity index (χ1n) is 11.4. The van der Waals surface area contributed by atoms with Crippen LogP contribution in [0.4, 0.5) is 10.1 Å². The Kier molecular flexibility index (Phi) is 11.2. The quantitative estimate of drug-likeness (QED) is 0.248. The van der Waals surface area contributed by atoms with E-state index in [4.69, 9.17) is 9.73 Å². The molecular weight excluding hydrogens is 534 g/mol. The summed E-state index contributed by atoms with van der Waals surface area (Å²) < 4.78 is 19.1. The van der Waals surface area contributed by atoms with Crippen LogP contribution in [-0.2, 0) is 6.54 Å². The molecule has 0 amide bonds. The molecule has 1 heterocycles. The monoisotopic (exact) mass is 570 g/mol. The minimum atomic E-state index is -0.374. The van der Waals surface area contributed by atoms with Crippen LogP contribution in [0.3, 0.4) is 0 Å². The van der Waals surface area contributed by atoms with Gasteiger partial charge in [0.15, 0.2) is 17.5 Å². The van der Waals surface area contributed by atoms with E-state index in [0.717, 1.165) is 43.6 Å². The van der Waals surface area contributed by atoms with Crippen LogP contribution < -0.4 is 20.3 Å². The molecule has 2 aromatic rings. The third-order valence-electron chi connectivity index (χ3n) is 5.97. The summed E-state index contributed by atoms with van der Waals surface area (Å²) in [6.07, 6.45) is 2.08. The van der Waals surface area contributed by atoms with E-state index < -0.39 is 0 Å². The fourth-order valence-electron chi connectivity index (χ4n) is 3.92. The number of halogens is 2. The lowest BCUT2D eigenvalue weighted by molar-refractivity contribution is 0.203. The number of nitrogens with zero attached hydrogens (tertiary/aromatic N) is 2. The first-order valence-corrected chi connectivity index (χ1v) is 11.4. The fourth-order valence-corrected chi connectivity index (χ4v) is 3.92. The molecule has 1 saturated heterocycles. The van der Waals surface area contributed by atoms with Gasteiger partial charge in [-0.05, 0) is 68.0 Å². The van der Waals surface area contributed by atoms with Crippen LogP contribution in [0.15, 0.2) is 47.5 Å². The van der Waals surface area contributed by atoms with Gasteiger partial charge in [-0.1, -0.05) is 18.2 Å². The number of ether oxygens (including phenoxy) is 1. The highest BCUT2D eigenvalue weighted by Gasteiger charge is 2.18. The van der Waals surface area contributed by atoms with Crippen molar-refractivity contribution in [3.8, 4) is 5.75 Å². The summed E-state index contributed by atoms with van der Waals surface area (Å²) in [5.41, 5.74) is 3.16. The molecule has 0 spiro atoms. The van der Waals surface area contributed by atoms with Gasteiger partial charge >= 0.3 is 0 Å². The molecule has 1 fully saturated rings. The molecule has 182 valence electrons. The topological polar surface area (TPSA) is 69.1 Å². The Morgan fingerprint density at radius 2 is 1.91 bits per heavy atom. The van der Waals surface area contributed by atoms with Gasteiger partial charge in [-0.15, -0.1) is 24.0 Å². The van der Waals surface area contributed by atoms with Crippen LogP contribution >= 0.6 is 24.0 Å². The molecule has 0 radical (unpaired) electrons. The van der Waals surface area contributed by atoms with E-state index in [-0.39, 0.29) is 41.6 Å². The first kappa shape index (κ1) is 27.2. The van der Waals surface area contributed by atoms with Gasteiger partial charge in [0.25, 0.3) is 0 Å². The highest BCUT2D eigenvalue weighted by atomic mass is 127. The molecule has 0 aliphatic carbocycles. The summed E-state index contributed by atoms with van der Waals surface area (Å²) in [6.45, 7) is 7.54. The predicted molar refractivity (Wildman–Crippen MR) is 143 cm³/mol. The minimum Gasteiger partial charge on any atom is -0.494 e. The molecular formula is C25H36FIN4O2. The van der Waals surface area contributed by atoms with Crippen LogP contribution in [0, 0.1) is 11.7 Å². The lowest BCUT2D eigenvalue weighted by Gasteiger charge is -2.32. The van der Waals surface area contributed by atoms with E-state index in [9.17, 15) is 9.50 Å². The summed E-state index contributed by atoms with van der Waals surface area (Å²) in [5.74, 6) is 0.990. The van der Waals surface area contributed by atoms with E-state index >= 15 is 0 Å². The molecule has 3 N–H and O–H groups in total. The number of aliphatic hydroxyl groups excluding tert-OH is 1. The first-order chi connectivity index (χ1) is 15.5. The molecule has 6 nitrogen and oxygen atoms in total. The second-order valence-corrected chi connectivity index (χ2v) is 8.23. The van der Waals surface area contributed by atoms with Crippen molar-refractivity contribution in [2.75, 3.05) is 38.3 Å². The van der Waals surface area contributed by atoms with Crippen molar-refractivity contribution in [3.05, 3.63) is 59.4 Å². The van der Waals surface area contributed by atoms with Gasteiger partial charge < -0.3 is 25.4 Å². The molecule has 8 heteroatoms. The van der Waals surface area contributed by atoms with E-state index in [0.29, 0.717) is 25.0 Å². The summed E-state index contributed by atoms with van der Waals surface area (Å²) in [6, 6.07) is 13.4. The Labute approximate surface area is 213 Å². The molecule has 1 aliphatic heterocycles. The van der Waals surface area contributed by atoms with Crippen LogP contribution in [0.5, 0.6) is 5.75 Å². The molecule has 2 aromatic carbocycles. The number of piperidine rings is 1. The van der Waals surface area contributed by atoms with Crippen molar-refractivity contribution in [3.63, 3.8) is 0 Å². The van der Waals surface area contributed by atoms with Crippen molar-refractivity contribution in [1.82, 2.24) is 10.6 Å². The molecule has 1 atom stereocenters. The molecule has 3 rings (SSSR count). The fraction of sp³-hybridized carbons (Fsp3) is 0.480. The highest BCUT2D eigenvalue weighted by Crippen LogP contribution is 2.24. The Morgan fingerprint density at radius 3 is 2.48 bits per heavy atom. The molecule has 0 aromatic heterocycles. The number of anilines is 1. The lowest BCUT2D eigenvalue weighted by Crippen LogP contribution is -2.38. The largest absolute Gasteiger partial charge is 0.494 e. The van der Waals surface area contributed by atoms with Gasteiger partial charge in [-0.25, -0.2) is 9.38 Å². The van der Waals surface area contributed by atoms with Crippen molar-refractivity contribution >= 4 is 35.6 Å². The number of methoxy groups -OCH3 is 1. The van der Waals surface area contributed by atoms with Gasteiger partial charge in [0, 0.05) is 31.9 Å². The number of nitrogens with one attached hydrogen (secondary N) is 2. The van der Waals surface area contributed by atoms with Crippen molar-refractivity contribution in [2.24, 2.45) is 10.9 Å². The van der Waals surface area contributed by atoms with Gasteiger partial charge in [-0.2, -0.15) is 0 Å². The van der Waals surface area contributed by atoms with Crippen LogP contribution in [0.25, 0.3) is 0 Å². The van der Waals surface area contributed by atoms with Crippen LogP contribution in [0.2, 0.25) is 0 Å². The number of hydrogen-bond donors (Lipinski definition) is 3. The number of rotatable bonds is 8. The Balaban J connectivity index is 0.00000385. The molecule has 33 heavy (non-hydrogen) atoms. The van der Waals surface area contributed by atoms with Gasteiger partial charge in [0.1, 0.15) is 0 Å². The maximum atomic E-state index is 14.1. The third kappa shape index (κ3) is 7.74. The zero-order valence-corrected chi connectivity index (χ0v) is 22.0. The van der Waals surface area contributed by atoms with Crippen LogP contribution in [-0.4, -0.2) is 44.4 Å². The Hall–Kier alpha value is -2.07. The number of aliphatic imine (C=N–C) groups is 1. The standard InChI is InChI=1S/C25H35FN4O2.HI/c1-4-27-25(29-18(2)21-7-10-24(32-3)23(26)15-21)28-16-19-5-8-22(9-6-19)30-13-11-20(17-31)12-14-30;/h5-10,15,18,20,31H,4,11-14,16-17H2,1-3H3,(H2,27,28,29);1H. The van der Waals surface area contributed by atoms with Crippen LogP contribution in [0.1, 0.15) is 43.9 Å². The van der Waals surface area contributed by atoms with Gasteiger partial charge in [0.05, 0.1) is 19.7 Å². The van der Waals surface area contributed by atoms with E-state index in [1.807, 2.05) is 19.9 Å². The third-order valence-corrected chi connectivity index (χ3v) is 5.97. The van der Waals surface area contributed by atoms with Crippen molar-refractivity contribution in [2.45, 2.75) is 39.3 Å². The zero-order chi connectivity index (χ0) is 22.9. The maximum Gasteiger partial charge on any atom is 0.192 e. The molecule has 0 saturated carbocycles. The summed E-state index contributed by atoms with van der Waals surface area (Å²) in [7, 11) is 1.46. The normalized spacial score (nSPS) is 15.5. The summed E-state index contributed by atoms with van der Waals surface area (Å²) in [4.78, 5) is 7.08. The zero-order valence-electron chi connectivity index (χ0n) is 19.7. The average Bonchev–Trinajstić information content (AvgIpc) is 2.83. The molecule has 1 aliphatic rings. The number of aliphatic hydroxyl groups is 1. The Morgan fingerprint density at radius 1 is 1.21 bits per heavy atom. The number of hydrogen-bond acceptors (Lipinski definition) is 4. The summed E-state index contributed by atoms with van der Waals surface area (Å²) in [5, 5.41) is 15.9. The summed E-state index contributed by atoms with van der Waals surface area (Å²) >= 11 is 0. The van der Waals surface area contributed by atoms with Gasteiger partial charge in [-0.3, -0.25) is 0 Å². The highest BCUT2D eigenvalue weighted by molar-refractivity contribution is 14.0. The van der Waals surface area contributed by atoms with E-state index in [1.54, 1.807) is 6.07 Å². The predicted octanol–water partition coefficient (Wildman–Crippen LogP) is 4.48. The second-order valence-electron chi connectivity index (χ2n) is 8.23. The molecule has 0 bridgehead atoms. The average molecular weight is 570 g/mol. The van der Waals surface area contributed by atoms with Crippen molar-refractivity contribution < 1.29 is 14.2 Å². The molecule has 1 unspecified atom stereocenters. The van der Waals surface area contributed by atoms with Gasteiger partial charge in [0.2, 0.25) is 0 Å².